The molecule has 19 heavy (non-hydrogen) atoms. The SMILES string of the molecule is CCCC1(C(=O)NCCCC(=O)OC)CCCNC1. The zero-order valence-electron chi connectivity index (χ0n) is 12.1. The lowest BCUT2D eigenvalue weighted by atomic mass is 9.76. The van der Waals surface area contributed by atoms with Crippen LogP contribution in [0.25, 0.3) is 0 Å². The maximum absolute atomic E-state index is 12.4. The fourth-order valence-electron chi connectivity index (χ4n) is 2.69. The number of hydrogen-bond donors (Lipinski definition) is 2. The van der Waals surface area contributed by atoms with E-state index in [1.807, 2.05) is 0 Å². The van der Waals surface area contributed by atoms with E-state index in [4.69, 9.17) is 0 Å². The lowest BCUT2D eigenvalue weighted by Gasteiger charge is -2.36. The van der Waals surface area contributed by atoms with Crippen molar-refractivity contribution < 1.29 is 14.3 Å². The molecule has 0 aliphatic carbocycles. The molecular formula is C14H26N2O3. The molecular weight excluding hydrogens is 244 g/mol. The number of methoxy groups -OCH3 is 1. The Bertz CT molecular complexity index is 294. The second-order valence-corrected chi connectivity index (χ2v) is 5.25. The standard InChI is InChI=1S/C14H26N2O3/c1-3-7-14(8-5-9-15-11-14)13(18)16-10-4-6-12(17)19-2/h15H,3-11H2,1-2H3,(H,16,18). The summed E-state index contributed by atoms with van der Waals surface area (Å²) >= 11 is 0. The molecule has 5 heteroatoms. The van der Waals surface area contributed by atoms with Crippen molar-refractivity contribution >= 4 is 11.9 Å². The van der Waals surface area contributed by atoms with Gasteiger partial charge in [0.25, 0.3) is 0 Å². The third-order valence-electron chi connectivity index (χ3n) is 3.75. The molecule has 1 unspecified atom stereocenters. The fraction of sp³-hybridized carbons (Fsp3) is 0.857. The fourth-order valence-corrected chi connectivity index (χ4v) is 2.69. The average molecular weight is 270 g/mol. The Morgan fingerprint density at radius 2 is 2.21 bits per heavy atom. The van der Waals surface area contributed by atoms with E-state index in [-0.39, 0.29) is 17.3 Å². The molecule has 0 saturated carbocycles. The van der Waals surface area contributed by atoms with E-state index in [2.05, 4.69) is 22.3 Å². The van der Waals surface area contributed by atoms with Gasteiger partial charge in [-0.2, -0.15) is 0 Å². The van der Waals surface area contributed by atoms with Gasteiger partial charge in [0.1, 0.15) is 0 Å². The molecule has 1 aliphatic heterocycles. The molecule has 1 fully saturated rings. The highest BCUT2D eigenvalue weighted by Crippen LogP contribution is 2.31. The van der Waals surface area contributed by atoms with Crippen molar-refractivity contribution in [1.82, 2.24) is 10.6 Å². The predicted octanol–water partition coefficient (Wildman–Crippen LogP) is 1.23. The van der Waals surface area contributed by atoms with Gasteiger partial charge in [0.2, 0.25) is 5.91 Å². The van der Waals surface area contributed by atoms with E-state index in [1.165, 1.54) is 7.11 Å². The number of carbonyl (C=O) groups is 2. The highest BCUT2D eigenvalue weighted by molar-refractivity contribution is 5.83. The molecule has 1 rings (SSSR count). The summed E-state index contributed by atoms with van der Waals surface area (Å²) in [6.45, 7) is 4.42. The monoisotopic (exact) mass is 270 g/mol. The number of carbonyl (C=O) groups excluding carboxylic acids is 2. The van der Waals surface area contributed by atoms with Crippen molar-refractivity contribution in [3.63, 3.8) is 0 Å². The topological polar surface area (TPSA) is 67.4 Å². The van der Waals surface area contributed by atoms with E-state index < -0.39 is 0 Å². The zero-order chi connectivity index (χ0) is 14.1. The van der Waals surface area contributed by atoms with Crippen molar-refractivity contribution in [3.05, 3.63) is 0 Å². The molecule has 0 aromatic heterocycles. The summed E-state index contributed by atoms with van der Waals surface area (Å²) in [5.41, 5.74) is -0.252. The minimum atomic E-state index is -0.252. The summed E-state index contributed by atoms with van der Waals surface area (Å²) in [5, 5.41) is 6.29. The van der Waals surface area contributed by atoms with E-state index in [0.29, 0.717) is 19.4 Å². The summed E-state index contributed by atoms with van der Waals surface area (Å²) in [5.74, 6) is -0.0942. The van der Waals surface area contributed by atoms with E-state index in [1.54, 1.807) is 0 Å². The molecule has 0 aromatic rings. The van der Waals surface area contributed by atoms with Crippen LogP contribution < -0.4 is 10.6 Å². The first-order valence-electron chi connectivity index (χ1n) is 7.20. The minimum absolute atomic E-state index is 0.131. The van der Waals surface area contributed by atoms with E-state index >= 15 is 0 Å². The van der Waals surface area contributed by atoms with Gasteiger partial charge in [-0.25, -0.2) is 0 Å². The van der Waals surface area contributed by atoms with Crippen LogP contribution in [0.2, 0.25) is 0 Å². The van der Waals surface area contributed by atoms with Gasteiger partial charge in [0.15, 0.2) is 0 Å². The number of ether oxygens (including phenoxy) is 1. The minimum Gasteiger partial charge on any atom is -0.469 e. The smallest absolute Gasteiger partial charge is 0.305 e. The van der Waals surface area contributed by atoms with Crippen LogP contribution in [0.4, 0.5) is 0 Å². The van der Waals surface area contributed by atoms with Gasteiger partial charge in [-0.3, -0.25) is 9.59 Å². The second-order valence-electron chi connectivity index (χ2n) is 5.25. The number of piperidine rings is 1. The Balaban J connectivity index is 2.38. The summed E-state index contributed by atoms with van der Waals surface area (Å²) in [6.07, 6.45) is 4.93. The van der Waals surface area contributed by atoms with Crippen molar-refractivity contribution in [2.24, 2.45) is 5.41 Å². The highest BCUT2D eigenvalue weighted by atomic mass is 16.5. The van der Waals surface area contributed by atoms with Crippen LogP contribution in [-0.4, -0.2) is 38.6 Å². The molecule has 110 valence electrons. The number of rotatable bonds is 7. The van der Waals surface area contributed by atoms with Gasteiger partial charge in [0, 0.05) is 19.5 Å². The maximum Gasteiger partial charge on any atom is 0.305 e. The molecule has 1 amide bonds. The number of amides is 1. The molecule has 0 bridgehead atoms. The number of nitrogens with one attached hydrogen (secondary N) is 2. The Morgan fingerprint density at radius 3 is 2.79 bits per heavy atom. The Labute approximate surface area is 115 Å². The molecule has 0 spiro atoms. The van der Waals surface area contributed by atoms with Gasteiger partial charge >= 0.3 is 5.97 Å². The van der Waals surface area contributed by atoms with Crippen molar-refractivity contribution in [2.45, 2.75) is 45.4 Å². The predicted molar refractivity (Wildman–Crippen MR) is 73.7 cm³/mol. The lowest BCUT2D eigenvalue weighted by Crippen LogP contribution is -2.50. The molecule has 1 heterocycles. The molecule has 1 atom stereocenters. The van der Waals surface area contributed by atoms with Crippen LogP contribution in [0.3, 0.4) is 0 Å². The molecule has 5 nitrogen and oxygen atoms in total. The summed E-state index contributed by atoms with van der Waals surface area (Å²) in [4.78, 5) is 23.3. The quantitative estimate of drug-likeness (QED) is 0.539. The van der Waals surface area contributed by atoms with Crippen molar-refractivity contribution in [3.8, 4) is 0 Å². The van der Waals surface area contributed by atoms with Crippen LogP contribution >= 0.6 is 0 Å². The first-order chi connectivity index (χ1) is 9.14. The average Bonchev–Trinajstić information content (AvgIpc) is 2.44. The largest absolute Gasteiger partial charge is 0.469 e. The van der Waals surface area contributed by atoms with Gasteiger partial charge in [-0.1, -0.05) is 13.3 Å². The van der Waals surface area contributed by atoms with Crippen LogP contribution in [0.15, 0.2) is 0 Å². The summed E-state index contributed by atoms with van der Waals surface area (Å²) in [6, 6.07) is 0. The van der Waals surface area contributed by atoms with Gasteiger partial charge in [-0.15, -0.1) is 0 Å². The number of hydrogen-bond acceptors (Lipinski definition) is 4. The van der Waals surface area contributed by atoms with Gasteiger partial charge < -0.3 is 15.4 Å². The van der Waals surface area contributed by atoms with Crippen LogP contribution in [0, 0.1) is 5.41 Å². The highest BCUT2D eigenvalue weighted by Gasteiger charge is 2.38. The van der Waals surface area contributed by atoms with E-state index in [0.717, 1.165) is 38.8 Å². The molecule has 2 N–H and O–H groups in total. The molecule has 1 aliphatic rings. The van der Waals surface area contributed by atoms with Crippen LogP contribution in [-0.2, 0) is 14.3 Å². The van der Waals surface area contributed by atoms with Crippen molar-refractivity contribution in [2.75, 3.05) is 26.7 Å². The third-order valence-corrected chi connectivity index (χ3v) is 3.75. The van der Waals surface area contributed by atoms with E-state index in [9.17, 15) is 9.59 Å². The summed E-state index contributed by atoms with van der Waals surface area (Å²) < 4.78 is 4.57. The summed E-state index contributed by atoms with van der Waals surface area (Å²) in [7, 11) is 1.38. The lowest BCUT2D eigenvalue weighted by molar-refractivity contribution is -0.141. The second kappa shape index (κ2) is 8.15. The Morgan fingerprint density at radius 1 is 1.42 bits per heavy atom. The van der Waals surface area contributed by atoms with Gasteiger partial charge in [-0.05, 0) is 32.2 Å². The van der Waals surface area contributed by atoms with Crippen LogP contribution in [0.1, 0.15) is 45.4 Å². The maximum atomic E-state index is 12.4. The Kier molecular flexibility index (Phi) is 6.84. The third kappa shape index (κ3) is 4.82. The Hall–Kier alpha value is -1.10. The zero-order valence-corrected chi connectivity index (χ0v) is 12.1. The first-order valence-corrected chi connectivity index (χ1v) is 7.20. The normalized spacial score (nSPS) is 22.8. The number of esters is 1. The molecule has 1 saturated heterocycles. The van der Waals surface area contributed by atoms with Crippen molar-refractivity contribution in [1.29, 1.82) is 0 Å². The van der Waals surface area contributed by atoms with Crippen LogP contribution in [0.5, 0.6) is 0 Å². The molecule has 0 radical (unpaired) electrons. The molecule has 0 aromatic carbocycles. The first kappa shape index (κ1) is 16.0. The van der Waals surface area contributed by atoms with Gasteiger partial charge in [0.05, 0.1) is 12.5 Å².